The molecule has 0 unspecified atom stereocenters. The molecule has 146 valence electrons. The highest BCUT2D eigenvalue weighted by Crippen LogP contribution is 2.34. The number of aromatic nitrogens is 2. The van der Waals surface area contributed by atoms with E-state index in [1.165, 1.54) is 19.4 Å². The highest BCUT2D eigenvalue weighted by atomic mass is 35.5. The smallest absolute Gasteiger partial charge is 0.229 e. The molecule has 3 aromatic rings. The molecule has 28 heavy (non-hydrogen) atoms. The first-order valence-corrected chi connectivity index (χ1v) is 9.49. The predicted molar refractivity (Wildman–Crippen MR) is 114 cm³/mol. The number of nitrogens with zero attached hydrogens (tertiary/aromatic N) is 3. The molecular formula is C19H20ClN5O2S. The third-order valence-electron chi connectivity index (χ3n) is 3.60. The van der Waals surface area contributed by atoms with Crippen molar-refractivity contribution < 1.29 is 9.84 Å². The molecule has 0 aliphatic rings. The van der Waals surface area contributed by atoms with Crippen LogP contribution >= 0.6 is 23.5 Å². The first kappa shape index (κ1) is 20.1. The van der Waals surface area contributed by atoms with Crippen LogP contribution in [0.3, 0.4) is 0 Å². The number of halogens is 1. The van der Waals surface area contributed by atoms with Crippen molar-refractivity contribution in [1.82, 2.24) is 14.3 Å². The van der Waals surface area contributed by atoms with E-state index in [4.69, 9.17) is 16.3 Å². The number of para-hydroxylation sites is 1. The van der Waals surface area contributed by atoms with Gasteiger partial charge in [0.1, 0.15) is 16.5 Å². The first-order valence-electron chi connectivity index (χ1n) is 8.34. The van der Waals surface area contributed by atoms with Gasteiger partial charge in [0.05, 0.1) is 24.7 Å². The minimum atomic E-state index is 0.108. The molecule has 0 atom stereocenters. The van der Waals surface area contributed by atoms with Gasteiger partial charge in [-0.1, -0.05) is 23.7 Å². The highest BCUT2D eigenvalue weighted by molar-refractivity contribution is 7.97. The Labute approximate surface area is 172 Å². The molecule has 0 bridgehead atoms. The van der Waals surface area contributed by atoms with Gasteiger partial charge in [-0.2, -0.15) is 4.98 Å². The van der Waals surface area contributed by atoms with Crippen LogP contribution in [-0.4, -0.2) is 40.6 Å². The third-order valence-corrected chi connectivity index (χ3v) is 4.79. The molecule has 3 rings (SSSR count). The summed E-state index contributed by atoms with van der Waals surface area (Å²) in [6.45, 7) is 0. The molecule has 0 fully saturated rings. The zero-order chi connectivity index (χ0) is 20.1. The summed E-state index contributed by atoms with van der Waals surface area (Å²) < 4.78 is 7.28. The summed E-state index contributed by atoms with van der Waals surface area (Å²) in [5.41, 5.74) is 1.51. The Hall–Kier alpha value is -2.68. The molecular weight excluding hydrogens is 398 g/mol. The van der Waals surface area contributed by atoms with Gasteiger partial charge in [-0.25, -0.2) is 4.98 Å². The molecule has 7 nitrogen and oxygen atoms in total. The van der Waals surface area contributed by atoms with Crippen molar-refractivity contribution in [2.75, 3.05) is 31.8 Å². The van der Waals surface area contributed by atoms with Crippen LogP contribution in [0.15, 0.2) is 53.6 Å². The Morgan fingerprint density at radius 2 is 1.89 bits per heavy atom. The summed E-state index contributed by atoms with van der Waals surface area (Å²) in [6, 6.07) is 12.6. The maximum atomic E-state index is 9.60. The lowest BCUT2D eigenvalue weighted by molar-refractivity contribution is 0.409. The average molecular weight is 418 g/mol. The van der Waals surface area contributed by atoms with Crippen molar-refractivity contribution in [2.24, 2.45) is 0 Å². The van der Waals surface area contributed by atoms with Crippen molar-refractivity contribution in [1.29, 1.82) is 0 Å². The van der Waals surface area contributed by atoms with Crippen LogP contribution in [-0.2, 0) is 0 Å². The van der Waals surface area contributed by atoms with E-state index >= 15 is 0 Å². The van der Waals surface area contributed by atoms with Crippen LogP contribution in [0.1, 0.15) is 0 Å². The van der Waals surface area contributed by atoms with E-state index in [9.17, 15) is 5.11 Å². The quantitative estimate of drug-likeness (QED) is 0.370. The summed E-state index contributed by atoms with van der Waals surface area (Å²) in [5, 5.41) is 16.3. The lowest BCUT2D eigenvalue weighted by Gasteiger charge is -2.15. The van der Waals surface area contributed by atoms with Crippen LogP contribution in [0.5, 0.6) is 11.5 Å². The molecule has 0 radical (unpaired) electrons. The van der Waals surface area contributed by atoms with Crippen LogP contribution in [0.4, 0.5) is 23.1 Å². The number of aromatic hydroxyl groups is 1. The monoisotopic (exact) mass is 417 g/mol. The fourth-order valence-corrected chi connectivity index (χ4v) is 3.28. The number of phenolic OH excluding ortho intramolecular Hbond substituents is 1. The Morgan fingerprint density at radius 1 is 1.11 bits per heavy atom. The summed E-state index contributed by atoms with van der Waals surface area (Å²) in [6.07, 6.45) is 1.52. The van der Waals surface area contributed by atoms with Crippen molar-refractivity contribution in [3.05, 3.63) is 53.7 Å². The van der Waals surface area contributed by atoms with Gasteiger partial charge < -0.3 is 20.5 Å². The van der Waals surface area contributed by atoms with E-state index in [1.807, 2.05) is 42.7 Å². The molecule has 0 aliphatic carbocycles. The van der Waals surface area contributed by atoms with E-state index in [-0.39, 0.29) is 5.75 Å². The number of ether oxygens (including phenoxy) is 1. The molecule has 0 amide bonds. The largest absolute Gasteiger partial charge is 0.508 e. The number of benzene rings is 2. The zero-order valence-electron chi connectivity index (χ0n) is 15.6. The molecule has 3 N–H and O–H groups in total. The van der Waals surface area contributed by atoms with Crippen LogP contribution in [0.25, 0.3) is 0 Å². The number of nitrogens with one attached hydrogen (secondary N) is 2. The molecule has 0 aliphatic heterocycles. The van der Waals surface area contributed by atoms with E-state index in [1.54, 1.807) is 24.1 Å². The number of hydrogen-bond acceptors (Lipinski definition) is 8. The van der Waals surface area contributed by atoms with Crippen LogP contribution in [0, 0.1) is 0 Å². The topological polar surface area (TPSA) is 82.5 Å². The van der Waals surface area contributed by atoms with Crippen molar-refractivity contribution >= 4 is 46.7 Å². The number of rotatable bonds is 7. The van der Waals surface area contributed by atoms with E-state index in [2.05, 4.69) is 20.6 Å². The van der Waals surface area contributed by atoms with Gasteiger partial charge in [0.15, 0.2) is 5.82 Å². The van der Waals surface area contributed by atoms with Gasteiger partial charge in [-0.05, 0) is 50.3 Å². The Balaban J connectivity index is 1.87. The van der Waals surface area contributed by atoms with E-state index < -0.39 is 0 Å². The zero-order valence-corrected chi connectivity index (χ0v) is 17.2. The number of anilines is 4. The lowest BCUT2D eigenvalue weighted by Crippen LogP contribution is -2.04. The second-order valence-corrected chi connectivity index (χ2v) is 7.68. The second kappa shape index (κ2) is 9.01. The first-order chi connectivity index (χ1) is 13.5. The minimum Gasteiger partial charge on any atom is -0.508 e. The summed E-state index contributed by atoms with van der Waals surface area (Å²) >= 11 is 7.89. The van der Waals surface area contributed by atoms with Gasteiger partial charge in [0.25, 0.3) is 0 Å². The molecule has 2 aromatic carbocycles. The van der Waals surface area contributed by atoms with Gasteiger partial charge >= 0.3 is 0 Å². The molecule has 0 spiro atoms. The van der Waals surface area contributed by atoms with Crippen LogP contribution in [0.2, 0.25) is 5.02 Å². The fraction of sp³-hybridized carbons (Fsp3) is 0.158. The Morgan fingerprint density at radius 3 is 2.64 bits per heavy atom. The maximum absolute atomic E-state index is 9.60. The second-order valence-electron chi connectivity index (χ2n) is 5.92. The van der Waals surface area contributed by atoms with Gasteiger partial charge in [0, 0.05) is 11.0 Å². The molecule has 1 heterocycles. The fourth-order valence-electron chi connectivity index (χ4n) is 2.39. The van der Waals surface area contributed by atoms with Crippen LogP contribution < -0.4 is 15.4 Å². The molecule has 9 heteroatoms. The molecule has 0 saturated carbocycles. The minimum absolute atomic E-state index is 0.108. The molecule has 1 aromatic heterocycles. The van der Waals surface area contributed by atoms with E-state index in [0.717, 1.165) is 10.6 Å². The van der Waals surface area contributed by atoms with Crippen molar-refractivity contribution in [3.63, 3.8) is 0 Å². The van der Waals surface area contributed by atoms with Gasteiger partial charge in [-0.3, -0.25) is 4.31 Å². The van der Waals surface area contributed by atoms with Gasteiger partial charge in [0.2, 0.25) is 5.95 Å². The SMILES string of the molecule is COc1cc(O)ccc1Nc1ncc(Cl)c(Nc2ccccc2SN(C)C)n1. The Bertz CT molecular complexity index is 971. The summed E-state index contributed by atoms with van der Waals surface area (Å²) in [7, 11) is 5.48. The predicted octanol–water partition coefficient (Wildman–Crippen LogP) is 4.90. The summed E-state index contributed by atoms with van der Waals surface area (Å²) in [4.78, 5) is 9.73. The number of hydrogen-bond donors (Lipinski definition) is 3. The molecule has 0 saturated heterocycles. The lowest BCUT2D eigenvalue weighted by atomic mass is 10.3. The normalized spacial score (nSPS) is 10.8. The number of methoxy groups -OCH3 is 1. The summed E-state index contributed by atoms with van der Waals surface area (Å²) in [5.74, 6) is 1.40. The Kier molecular flexibility index (Phi) is 6.45. The van der Waals surface area contributed by atoms with Crippen molar-refractivity contribution in [2.45, 2.75) is 4.90 Å². The van der Waals surface area contributed by atoms with Gasteiger partial charge in [-0.15, -0.1) is 0 Å². The average Bonchev–Trinajstić information content (AvgIpc) is 2.67. The maximum Gasteiger partial charge on any atom is 0.229 e. The third kappa shape index (κ3) is 4.98. The van der Waals surface area contributed by atoms with Crippen molar-refractivity contribution in [3.8, 4) is 11.5 Å². The highest BCUT2D eigenvalue weighted by Gasteiger charge is 2.11. The number of phenols is 1. The van der Waals surface area contributed by atoms with E-state index in [0.29, 0.717) is 28.2 Å². The standard InChI is InChI=1S/C19H20ClN5O2S/c1-25(2)28-17-7-5-4-6-15(17)22-18-13(20)11-21-19(24-18)23-14-9-8-12(26)10-16(14)27-3/h4-11,26H,1-3H3,(H2,21,22,23,24).